The van der Waals surface area contributed by atoms with Crippen molar-refractivity contribution in [2.24, 2.45) is 10.9 Å². The molecule has 6 heteroatoms. The Kier molecular flexibility index (Phi) is 7.64. The van der Waals surface area contributed by atoms with Crippen molar-refractivity contribution in [3.63, 3.8) is 0 Å². The Morgan fingerprint density at radius 1 is 1.45 bits per heavy atom. The first-order valence-electron chi connectivity index (χ1n) is 6.84. The van der Waals surface area contributed by atoms with Gasteiger partial charge in [0.15, 0.2) is 5.96 Å². The largest absolute Gasteiger partial charge is 0.478 e. The van der Waals surface area contributed by atoms with Crippen molar-refractivity contribution in [2.75, 3.05) is 20.2 Å². The Bertz CT molecular complexity index is 435. The average Bonchev–Trinajstić information content (AvgIpc) is 3.25. The zero-order valence-electron chi connectivity index (χ0n) is 12.1. The molecule has 20 heavy (non-hydrogen) atoms. The third-order valence-corrected chi connectivity index (χ3v) is 3.06. The Labute approximate surface area is 137 Å². The smallest absolute Gasteiger partial charge is 0.218 e. The number of ether oxygens (including phenoxy) is 1. The standard InChI is InChI=1S/C14H22N4O.HI/c1-3-19-13-12(5-4-8-16-13)10-18-14(15-2)17-9-11-6-7-11;/h4-5,8,11H,3,6-7,9-10H2,1-2H3,(H2,15,17,18);1H. The van der Waals surface area contributed by atoms with Crippen molar-refractivity contribution >= 4 is 29.9 Å². The highest BCUT2D eigenvalue weighted by Gasteiger charge is 2.21. The Morgan fingerprint density at radius 3 is 2.90 bits per heavy atom. The van der Waals surface area contributed by atoms with Gasteiger partial charge in [-0.25, -0.2) is 4.98 Å². The highest BCUT2D eigenvalue weighted by Crippen LogP contribution is 2.27. The first-order chi connectivity index (χ1) is 9.33. The van der Waals surface area contributed by atoms with Crippen LogP contribution in [0.5, 0.6) is 5.88 Å². The monoisotopic (exact) mass is 390 g/mol. The van der Waals surface area contributed by atoms with Crippen molar-refractivity contribution < 1.29 is 4.74 Å². The van der Waals surface area contributed by atoms with Crippen molar-refractivity contribution in [3.8, 4) is 5.88 Å². The number of nitrogens with one attached hydrogen (secondary N) is 2. The van der Waals surface area contributed by atoms with E-state index in [-0.39, 0.29) is 24.0 Å². The molecule has 0 atom stereocenters. The summed E-state index contributed by atoms with van der Waals surface area (Å²) in [7, 11) is 1.79. The molecule has 0 aromatic carbocycles. The van der Waals surface area contributed by atoms with Gasteiger partial charge in [0, 0.05) is 31.9 Å². The fourth-order valence-electron chi connectivity index (χ4n) is 1.79. The summed E-state index contributed by atoms with van der Waals surface area (Å²) >= 11 is 0. The molecule has 0 aliphatic heterocycles. The number of pyridine rings is 1. The quantitative estimate of drug-likeness (QED) is 0.444. The predicted molar refractivity (Wildman–Crippen MR) is 91.7 cm³/mol. The number of aromatic nitrogens is 1. The fourth-order valence-corrected chi connectivity index (χ4v) is 1.79. The van der Waals surface area contributed by atoms with Crippen LogP contribution >= 0.6 is 24.0 Å². The molecule has 0 bridgehead atoms. The Balaban J connectivity index is 0.00000200. The van der Waals surface area contributed by atoms with Crippen LogP contribution in [0.15, 0.2) is 23.3 Å². The third kappa shape index (κ3) is 5.52. The summed E-state index contributed by atoms with van der Waals surface area (Å²) in [5.74, 6) is 2.35. The normalized spacial score (nSPS) is 14.4. The Hall–Kier alpha value is -1.05. The van der Waals surface area contributed by atoms with Crippen LogP contribution in [0, 0.1) is 5.92 Å². The molecule has 1 aliphatic rings. The van der Waals surface area contributed by atoms with Crippen LogP contribution in [0.25, 0.3) is 0 Å². The van der Waals surface area contributed by atoms with E-state index in [1.807, 2.05) is 19.1 Å². The second-order valence-electron chi connectivity index (χ2n) is 4.65. The van der Waals surface area contributed by atoms with Crippen LogP contribution in [0.2, 0.25) is 0 Å². The van der Waals surface area contributed by atoms with E-state index in [1.165, 1.54) is 12.8 Å². The summed E-state index contributed by atoms with van der Waals surface area (Å²) in [5, 5.41) is 6.62. The van der Waals surface area contributed by atoms with Gasteiger partial charge in [0.25, 0.3) is 0 Å². The van der Waals surface area contributed by atoms with Gasteiger partial charge >= 0.3 is 0 Å². The molecule has 2 N–H and O–H groups in total. The maximum Gasteiger partial charge on any atom is 0.218 e. The number of hydrogen-bond acceptors (Lipinski definition) is 3. The van der Waals surface area contributed by atoms with E-state index < -0.39 is 0 Å². The number of halogens is 1. The van der Waals surface area contributed by atoms with E-state index in [4.69, 9.17) is 4.74 Å². The molecule has 0 unspecified atom stereocenters. The first kappa shape index (κ1) is 17.0. The van der Waals surface area contributed by atoms with Gasteiger partial charge < -0.3 is 15.4 Å². The Morgan fingerprint density at radius 2 is 2.25 bits per heavy atom. The summed E-state index contributed by atoms with van der Waals surface area (Å²) in [6.45, 7) is 4.25. The lowest BCUT2D eigenvalue weighted by atomic mass is 10.2. The number of hydrogen-bond donors (Lipinski definition) is 2. The summed E-state index contributed by atoms with van der Waals surface area (Å²) in [5.41, 5.74) is 1.04. The van der Waals surface area contributed by atoms with E-state index in [9.17, 15) is 0 Å². The molecule has 1 saturated carbocycles. The SMILES string of the molecule is CCOc1ncccc1CNC(=NC)NCC1CC1.I. The number of rotatable bonds is 6. The lowest BCUT2D eigenvalue weighted by Crippen LogP contribution is -2.37. The molecule has 112 valence electrons. The van der Waals surface area contributed by atoms with Gasteiger partial charge in [-0.05, 0) is 31.7 Å². The molecule has 0 radical (unpaired) electrons. The summed E-state index contributed by atoms with van der Waals surface area (Å²) in [6, 6.07) is 3.93. The number of aliphatic imine (C=N–C) groups is 1. The van der Waals surface area contributed by atoms with Crippen LogP contribution in [-0.2, 0) is 6.54 Å². The first-order valence-corrected chi connectivity index (χ1v) is 6.84. The molecule has 0 spiro atoms. The highest BCUT2D eigenvalue weighted by atomic mass is 127. The molecule has 1 fully saturated rings. The van der Waals surface area contributed by atoms with Crippen LogP contribution in [0.3, 0.4) is 0 Å². The molecule has 0 amide bonds. The molecule has 1 aliphatic carbocycles. The molecule has 1 aromatic rings. The summed E-state index contributed by atoms with van der Waals surface area (Å²) < 4.78 is 5.50. The zero-order valence-corrected chi connectivity index (χ0v) is 14.4. The molecule has 2 rings (SSSR count). The third-order valence-electron chi connectivity index (χ3n) is 3.06. The van der Waals surface area contributed by atoms with Gasteiger partial charge in [0.1, 0.15) is 0 Å². The van der Waals surface area contributed by atoms with Crippen molar-refractivity contribution in [2.45, 2.75) is 26.3 Å². The van der Waals surface area contributed by atoms with Gasteiger partial charge in [0.05, 0.1) is 6.61 Å². The molecule has 1 heterocycles. The van der Waals surface area contributed by atoms with E-state index in [0.29, 0.717) is 19.0 Å². The van der Waals surface area contributed by atoms with Crippen molar-refractivity contribution in [1.29, 1.82) is 0 Å². The van der Waals surface area contributed by atoms with Crippen LogP contribution in [0.4, 0.5) is 0 Å². The minimum atomic E-state index is 0. The summed E-state index contributed by atoms with van der Waals surface area (Å²) in [6.07, 6.45) is 4.41. The summed E-state index contributed by atoms with van der Waals surface area (Å²) in [4.78, 5) is 8.45. The van der Waals surface area contributed by atoms with Crippen molar-refractivity contribution in [1.82, 2.24) is 15.6 Å². The predicted octanol–water partition coefficient (Wildman–Crippen LogP) is 2.17. The maximum atomic E-state index is 5.50. The van der Waals surface area contributed by atoms with Crippen molar-refractivity contribution in [3.05, 3.63) is 23.9 Å². The lowest BCUT2D eigenvalue weighted by molar-refractivity contribution is 0.322. The molecular weight excluding hydrogens is 367 g/mol. The molecule has 0 saturated heterocycles. The fraction of sp³-hybridized carbons (Fsp3) is 0.571. The van der Waals surface area contributed by atoms with Crippen LogP contribution in [-0.4, -0.2) is 31.1 Å². The van der Waals surface area contributed by atoms with Crippen LogP contribution < -0.4 is 15.4 Å². The van der Waals surface area contributed by atoms with Gasteiger partial charge in [-0.3, -0.25) is 4.99 Å². The topological polar surface area (TPSA) is 58.5 Å². The number of guanidine groups is 1. The highest BCUT2D eigenvalue weighted by molar-refractivity contribution is 14.0. The van der Waals surface area contributed by atoms with Crippen LogP contribution in [0.1, 0.15) is 25.3 Å². The van der Waals surface area contributed by atoms with Gasteiger partial charge in [-0.2, -0.15) is 0 Å². The van der Waals surface area contributed by atoms with E-state index in [2.05, 4.69) is 20.6 Å². The second kappa shape index (κ2) is 8.99. The van der Waals surface area contributed by atoms with Gasteiger partial charge in [-0.15, -0.1) is 24.0 Å². The maximum absolute atomic E-state index is 5.50. The average molecular weight is 390 g/mol. The minimum Gasteiger partial charge on any atom is -0.478 e. The van der Waals surface area contributed by atoms with Gasteiger partial charge in [0.2, 0.25) is 5.88 Å². The molecule has 1 aromatic heterocycles. The second-order valence-corrected chi connectivity index (χ2v) is 4.65. The lowest BCUT2D eigenvalue weighted by Gasteiger charge is -2.13. The molecular formula is C14H23IN4O. The molecule has 5 nitrogen and oxygen atoms in total. The minimum absolute atomic E-state index is 0. The van der Waals surface area contributed by atoms with E-state index in [1.54, 1.807) is 13.2 Å². The number of nitrogens with zero attached hydrogens (tertiary/aromatic N) is 2. The zero-order chi connectivity index (χ0) is 13.5. The van der Waals surface area contributed by atoms with E-state index in [0.717, 1.165) is 24.0 Å². The van der Waals surface area contributed by atoms with Gasteiger partial charge in [-0.1, -0.05) is 6.07 Å². The van der Waals surface area contributed by atoms with E-state index >= 15 is 0 Å².